The third-order valence-corrected chi connectivity index (χ3v) is 12.6. The first-order valence-corrected chi connectivity index (χ1v) is 23.2. The Bertz CT molecular complexity index is 2180. The normalized spacial score (nSPS) is 21.2. The van der Waals surface area contributed by atoms with Crippen molar-refractivity contribution in [1.82, 2.24) is 30.2 Å². The summed E-state index contributed by atoms with van der Waals surface area (Å²) in [6.45, 7) is 0.158. The number of nitrogen functional groups attached to an aromatic ring is 1. The second-order valence-electron chi connectivity index (χ2n) is 13.8. The highest BCUT2D eigenvalue weighted by molar-refractivity contribution is 8.13. The van der Waals surface area contributed by atoms with E-state index in [0.717, 1.165) is 29.0 Å². The summed E-state index contributed by atoms with van der Waals surface area (Å²) >= 11 is 0.847. The topological polar surface area (TPSA) is 401 Å². The minimum absolute atomic E-state index is 0.0179. The molecule has 8 atom stereocenters. The number of anilines is 1. The van der Waals surface area contributed by atoms with E-state index < -0.39 is 96.4 Å². The quantitative estimate of drug-likeness (QED) is 0.0439. The van der Waals surface area contributed by atoms with Gasteiger partial charge in [-0.05, 0) is 5.56 Å². The van der Waals surface area contributed by atoms with Crippen LogP contribution in [0.3, 0.4) is 0 Å². The molecule has 1 aliphatic heterocycles. The SMILES string of the molecule is CC(C)(COP(=O)(O)OP(=O)(O)OC[C@H]1O[C@@H](n2cnc3c(N)ncnc32)[C@H](O)[C@@H]1OP(=O)(O)O)[C@@H](O)C(=O)NCCC(=O)NCCSC(=O)CC(C(=O)O)c1ccccc1. The van der Waals surface area contributed by atoms with Crippen molar-refractivity contribution in [2.75, 3.05) is 37.8 Å². The van der Waals surface area contributed by atoms with Crippen LogP contribution in [-0.4, -0.2) is 134 Å². The number of nitrogens with two attached hydrogens (primary N) is 1. The number of hydrogen-bond donors (Lipinski definition) is 10. The monoisotopic (exact) mass is 943 g/mol. The number of aliphatic carboxylic acids is 1. The number of hydrogen-bond acceptors (Lipinski definition) is 19. The van der Waals surface area contributed by atoms with E-state index in [1.54, 1.807) is 30.3 Å². The van der Waals surface area contributed by atoms with E-state index in [2.05, 4.69) is 34.4 Å². The Hall–Kier alpha value is -3.75. The van der Waals surface area contributed by atoms with Crippen LogP contribution in [-0.2, 0) is 55.5 Å². The lowest BCUT2D eigenvalue weighted by Crippen LogP contribution is -2.46. The number of amides is 2. The first-order chi connectivity index (χ1) is 28.4. The number of phosphoric ester groups is 3. The van der Waals surface area contributed by atoms with E-state index in [1.165, 1.54) is 13.8 Å². The Kier molecular flexibility index (Phi) is 17.2. The lowest BCUT2D eigenvalue weighted by atomic mass is 9.87. The molecule has 0 saturated carbocycles. The number of nitrogens with zero attached hydrogens (tertiary/aromatic N) is 4. The number of benzene rings is 1. The molecular formula is C31H44N7O19P3S. The van der Waals surface area contributed by atoms with E-state index >= 15 is 0 Å². The van der Waals surface area contributed by atoms with Crippen LogP contribution in [0.4, 0.5) is 5.82 Å². The Morgan fingerprint density at radius 2 is 1.67 bits per heavy atom. The zero-order valence-corrected chi connectivity index (χ0v) is 35.6. The predicted molar refractivity (Wildman–Crippen MR) is 209 cm³/mol. The summed E-state index contributed by atoms with van der Waals surface area (Å²) in [4.78, 5) is 99.8. The van der Waals surface area contributed by atoms with E-state index in [9.17, 15) is 67.8 Å². The predicted octanol–water partition coefficient (Wildman–Crippen LogP) is -0.0768. The molecule has 11 N–H and O–H groups in total. The highest BCUT2D eigenvalue weighted by Crippen LogP contribution is 2.61. The maximum atomic E-state index is 12.7. The zero-order valence-electron chi connectivity index (χ0n) is 32.1. The van der Waals surface area contributed by atoms with Crippen LogP contribution >= 0.6 is 35.2 Å². The summed E-state index contributed by atoms with van der Waals surface area (Å²) in [7, 11) is -16.5. The van der Waals surface area contributed by atoms with E-state index in [4.69, 9.17) is 19.5 Å². The van der Waals surface area contributed by atoms with Crippen LogP contribution in [0.5, 0.6) is 0 Å². The minimum Gasteiger partial charge on any atom is -0.481 e. The number of thioether (sulfide) groups is 1. The van der Waals surface area contributed by atoms with Gasteiger partial charge in [0, 0.05) is 37.1 Å². The third kappa shape index (κ3) is 14.7. The van der Waals surface area contributed by atoms with Crippen LogP contribution < -0.4 is 16.4 Å². The first kappa shape index (κ1) is 49.9. The second-order valence-corrected chi connectivity index (χ2v) is 19.2. The number of fused-ring (bicyclic) bond motifs is 1. The van der Waals surface area contributed by atoms with Crippen molar-refractivity contribution in [2.24, 2.45) is 5.41 Å². The molecule has 2 amide bonds. The molecule has 3 aromatic rings. The largest absolute Gasteiger partial charge is 0.481 e. The smallest absolute Gasteiger partial charge is 0.481 e. The number of rotatable bonds is 23. The molecule has 26 nitrogen and oxygen atoms in total. The van der Waals surface area contributed by atoms with Crippen molar-refractivity contribution >= 4 is 75.1 Å². The Morgan fingerprint density at radius 3 is 2.33 bits per heavy atom. The van der Waals surface area contributed by atoms with Gasteiger partial charge < -0.3 is 56.0 Å². The van der Waals surface area contributed by atoms with Gasteiger partial charge in [-0.1, -0.05) is 55.9 Å². The number of aliphatic hydroxyl groups excluding tert-OH is 2. The van der Waals surface area contributed by atoms with Crippen molar-refractivity contribution in [3.05, 3.63) is 48.5 Å². The molecule has 0 spiro atoms. The number of carbonyl (C=O) groups excluding carboxylic acids is 3. The molecule has 4 rings (SSSR count). The second kappa shape index (κ2) is 21.1. The highest BCUT2D eigenvalue weighted by Gasteiger charge is 2.50. The van der Waals surface area contributed by atoms with E-state index in [-0.39, 0.29) is 53.8 Å². The fourth-order valence-electron chi connectivity index (χ4n) is 5.55. The molecule has 30 heteroatoms. The van der Waals surface area contributed by atoms with Crippen LogP contribution in [0.25, 0.3) is 11.2 Å². The molecule has 338 valence electrons. The maximum Gasteiger partial charge on any atom is 0.481 e. The van der Waals surface area contributed by atoms with Crippen molar-refractivity contribution < 1.29 is 90.4 Å². The highest BCUT2D eigenvalue weighted by atomic mass is 32.2. The van der Waals surface area contributed by atoms with Crippen LogP contribution in [0.15, 0.2) is 43.0 Å². The molecule has 0 aliphatic carbocycles. The molecule has 0 radical (unpaired) electrons. The molecule has 61 heavy (non-hydrogen) atoms. The average molecular weight is 944 g/mol. The maximum absolute atomic E-state index is 12.7. The van der Waals surface area contributed by atoms with Gasteiger partial charge in [-0.2, -0.15) is 4.31 Å². The van der Waals surface area contributed by atoms with Gasteiger partial charge >= 0.3 is 29.4 Å². The molecule has 0 bridgehead atoms. The lowest BCUT2D eigenvalue weighted by Gasteiger charge is -2.30. The van der Waals surface area contributed by atoms with Crippen molar-refractivity contribution in [3.63, 3.8) is 0 Å². The fraction of sp³-hybridized carbons (Fsp3) is 0.516. The summed E-state index contributed by atoms with van der Waals surface area (Å²) < 4.78 is 62.2. The number of imidazole rings is 1. The Balaban J connectivity index is 1.20. The number of aliphatic hydroxyl groups is 2. The zero-order chi connectivity index (χ0) is 45.3. The summed E-state index contributed by atoms with van der Waals surface area (Å²) in [6.07, 6.45) is -7.39. The molecule has 1 aliphatic rings. The summed E-state index contributed by atoms with van der Waals surface area (Å²) in [5, 5.41) is 35.4. The summed E-state index contributed by atoms with van der Waals surface area (Å²) in [6, 6.07) is 8.26. The summed E-state index contributed by atoms with van der Waals surface area (Å²) in [5.41, 5.74) is 4.67. The van der Waals surface area contributed by atoms with E-state index in [0.29, 0.717) is 5.56 Å². The molecule has 3 unspecified atom stereocenters. The van der Waals surface area contributed by atoms with Gasteiger partial charge in [0.05, 0.1) is 25.5 Å². The molecule has 1 saturated heterocycles. The molecular weight excluding hydrogens is 899 g/mol. The van der Waals surface area contributed by atoms with Gasteiger partial charge in [-0.15, -0.1) is 0 Å². The molecule has 2 aromatic heterocycles. The number of phosphoric acid groups is 3. The molecule has 1 fully saturated rings. The number of aromatic nitrogens is 4. The molecule has 1 aromatic carbocycles. The Labute approximate surface area is 350 Å². The Morgan fingerprint density at radius 1 is 1.00 bits per heavy atom. The van der Waals surface area contributed by atoms with Gasteiger partial charge in [0.1, 0.15) is 36.3 Å². The van der Waals surface area contributed by atoms with E-state index in [1.807, 2.05) is 0 Å². The van der Waals surface area contributed by atoms with Crippen molar-refractivity contribution in [1.29, 1.82) is 0 Å². The summed E-state index contributed by atoms with van der Waals surface area (Å²) in [5.74, 6) is -3.63. The number of nitrogens with one attached hydrogen (secondary N) is 2. The first-order valence-electron chi connectivity index (χ1n) is 17.7. The van der Waals surface area contributed by atoms with Gasteiger partial charge in [-0.3, -0.25) is 37.3 Å². The standard InChI is InChI=1S/C31H44N7O19P3S/c1-31(2,25(42)28(43)34-9-8-20(39)33-10-11-61-21(40)12-18(30(44)45)17-6-4-3-5-7-17)14-54-60(51,52)57-59(49,50)53-13-19-24(56-58(46,47)48)23(41)29(55-19)38-16-37-22-26(32)35-15-36-27(22)38/h3-7,15-16,18-19,23-25,29,41-42H,8-14H2,1-2H3,(H,33,39)(H,34,43)(H,44,45)(H,49,50)(H,51,52)(H2,32,35,36)(H2,46,47,48)/t18?,19-,23-,24-,25+,29-/m1/s1. The van der Waals surface area contributed by atoms with Crippen LogP contribution in [0, 0.1) is 5.41 Å². The van der Waals surface area contributed by atoms with Gasteiger partial charge in [0.2, 0.25) is 11.8 Å². The number of carboxylic acids is 1. The van der Waals surface area contributed by atoms with Crippen molar-refractivity contribution in [3.8, 4) is 0 Å². The number of ether oxygens (including phenoxy) is 1. The molecule has 3 heterocycles. The third-order valence-electron chi connectivity index (χ3n) is 8.64. The average Bonchev–Trinajstić information content (AvgIpc) is 3.73. The van der Waals surface area contributed by atoms with Gasteiger partial charge in [-0.25, -0.2) is 28.6 Å². The van der Waals surface area contributed by atoms with Crippen LogP contribution in [0.2, 0.25) is 0 Å². The lowest BCUT2D eigenvalue weighted by molar-refractivity contribution is -0.140. The van der Waals surface area contributed by atoms with Crippen molar-refractivity contribution in [2.45, 2.75) is 63.3 Å². The number of carbonyl (C=O) groups is 4. The minimum atomic E-state index is -5.60. The van der Waals surface area contributed by atoms with Crippen LogP contribution in [0.1, 0.15) is 44.4 Å². The number of carboxylic acid groups (broad SMARTS) is 1. The van der Waals surface area contributed by atoms with Gasteiger partial charge in [0.15, 0.2) is 22.8 Å². The van der Waals surface area contributed by atoms with Gasteiger partial charge in [0.25, 0.3) is 0 Å². The fourth-order valence-corrected chi connectivity index (χ4v) is 9.10.